The summed E-state index contributed by atoms with van der Waals surface area (Å²) in [5, 5.41) is 10.8. The van der Waals surface area contributed by atoms with Crippen LogP contribution < -0.4 is 0 Å². The predicted octanol–water partition coefficient (Wildman–Crippen LogP) is 5.45. The van der Waals surface area contributed by atoms with Crippen molar-refractivity contribution in [2.24, 2.45) is 11.8 Å². The molecule has 6 atom stereocenters. The minimum absolute atomic E-state index is 0.0813. The largest absolute Gasteiger partial charge is 0.465 e. The van der Waals surface area contributed by atoms with Gasteiger partial charge in [0, 0.05) is 17.3 Å². The van der Waals surface area contributed by atoms with Gasteiger partial charge in [0.25, 0.3) is 0 Å². The van der Waals surface area contributed by atoms with E-state index in [9.17, 15) is 19.5 Å². The van der Waals surface area contributed by atoms with Gasteiger partial charge in [0.2, 0.25) is 11.8 Å². The van der Waals surface area contributed by atoms with Crippen LogP contribution in [-0.2, 0) is 19.1 Å². The van der Waals surface area contributed by atoms with Gasteiger partial charge < -0.3 is 19.6 Å². The van der Waals surface area contributed by atoms with Gasteiger partial charge in [-0.25, -0.2) is 0 Å². The summed E-state index contributed by atoms with van der Waals surface area (Å²) in [5.74, 6) is -1.95. The van der Waals surface area contributed by atoms with Gasteiger partial charge in [0.1, 0.15) is 6.04 Å². The number of hydrogen-bond acceptors (Lipinski definition) is 6. The fraction of sp³-hybridized carbons (Fsp3) is 0.618. The van der Waals surface area contributed by atoms with Crippen LogP contribution in [-0.4, -0.2) is 74.0 Å². The molecule has 3 aliphatic heterocycles. The molecule has 7 nitrogen and oxygen atoms in total. The second kappa shape index (κ2) is 13.0. The Morgan fingerprint density at radius 1 is 1.14 bits per heavy atom. The number of aliphatic hydroxyl groups is 1. The average Bonchev–Trinajstić information content (AvgIpc) is 3.57. The number of amides is 2. The van der Waals surface area contributed by atoms with Crippen LogP contribution >= 0.6 is 11.8 Å². The summed E-state index contributed by atoms with van der Waals surface area (Å²) in [5.41, 5.74) is 0.780. The van der Waals surface area contributed by atoms with E-state index in [0.29, 0.717) is 19.6 Å². The predicted molar refractivity (Wildman–Crippen MR) is 166 cm³/mol. The van der Waals surface area contributed by atoms with Crippen LogP contribution in [0.4, 0.5) is 0 Å². The van der Waals surface area contributed by atoms with E-state index >= 15 is 0 Å². The third-order valence-corrected chi connectivity index (χ3v) is 12.1. The Morgan fingerprint density at radius 3 is 2.55 bits per heavy atom. The maximum absolute atomic E-state index is 14.9. The third kappa shape index (κ3) is 5.34. The van der Waals surface area contributed by atoms with E-state index < -0.39 is 33.4 Å². The number of thioether (sulfide) groups is 1. The van der Waals surface area contributed by atoms with Gasteiger partial charge in [0.05, 0.1) is 35.8 Å². The van der Waals surface area contributed by atoms with Crippen LogP contribution in [0, 0.1) is 11.8 Å². The summed E-state index contributed by atoms with van der Waals surface area (Å²) in [6, 6.07) is 8.07. The number of allylic oxidation sites excluding steroid dienone is 1. The van der Waals surface area contributed by atoms with E-state index in [0.717, 1.165) is 56.9 Å². The van der Waals surface area contributed by atoms with Gasteiger partial charge in [-0.2, -0.15) is 0 Å². The summed E-state index contributed by atoms with van der Waals surface area (Å²) in [4.78, 5) is 46.9. The smallest absolute Gasteiger partial charge is 0.311 e. The van der Waals surface area contributed by atoms with Crippen molar-refractivity contribution in [3.63, 3.8) is 0 Å². The van der Waals surface area contributed by atoms with Crippen molar-refractivity contribution in [3.05, 3.63) is 61.2 Å². The van der Waals surface area contributed by atoms with Gasteiger partial charge >= 0.3 is 5.97 Å². The SMILES string of the molecule is C=CCCCCOC(=O)[C@H]1[C@H]2C(=O)N([C@H](CO)c3ccccc3)C(C(=O)N(CC=C)C3CCCCC3)C23CC[C@]1(C)S3. The molecule has 1 saturated carbocycles. The van der Waals surface area contributed by atoms with Gasteiger partial charge in [-0.15, -0.1) is 24.9 Å². The van der Waals surface area contributed by atoms with Crippen LogP contribution in [0.3, 0.4) is 0 Å². The zero-order valence-electron chi connectivity index (χ0n) is 24.9. The Morgan fingerprint density at radius 2 is 1.88 bits per heavy atom. The number of likely N-dealkylation sites (tertiary alicyclic amines) is 1. The highest BCUT2D eigenvalue weighted by Crippen LogP contribution is 2.72. The van der Waals surface area contributed by atoms with Crippen LogP contribution in [0.5, 0.6) is 0 Å². The Hall–Kier alpha value is -2.58. The lowest BCUT2D eigenvalue weighted by Crippen LogP contribution is -2.57. The Balaban J connectivity index is 1.54. The van der Waals surface area contributed by atoms with Crippen molar-refractivity contribution in [1.82, 2.24) is 9.80 Å². The van der Waals surface area contributed by atoms with Crippen molar-refractivity contribution in [1.29, 1.82) is 0 Å². The van der Waals surface area contributed by atoms with Crippen molar-refractivity contribution in [3.8, 4) is 0 Å². The lowest BCUT2D eigenvalue weighted by molar-refractivity contribution is -0.156. The minimum Gasteiger partial charge on any atom is -0.465 e. The zero-order chi connectivity index (χ0) is 29.9. The molecule has 228 valence electrons. The maximum atomic E-state index is 14.9. The summed E-state index contributed by atoms with van der Waals surface area (Å²) < 4.78 is 4.57. The van der Waals surface area contributed by atoms with E-state index in [1.165, 1.54) is 6.42 Å². The Bertz CT molecular complexity index is 1170. The molecule has 5 rings (SSSR count). The highest BCUT2D eigenvalue weighted by Gasteiger charge is 2.78. The Labute approximate surface area is 254 Å². The van der Waals surface area contributed by atoms with Crippen molar-refractivity contribution >= 4 is 29.5 Å². The number of ether oxygens (including phenoxy) is 1. The number of aliphatic hydroxyl groups excluding tert-OH is 1. The van der Waals surface area contributed by atoms with E-state index in [1.807, 2.05) is 41.3 Å². The molecule has 2 unspecified atom stereocenters. The first-order chi connectivity index (χ1) is 20.3. The van der Waals surface area contributed by atoms with Crippen LogP contribution in [0.2, 0.25) is 0 Å². The molecule has 0 radical (unpaired) electrons. The highest BCUT2D eigenvalue weighted by molar-refractivity contribution is 8.02. The van der Waals surface area contributed by atoms with E-state index in [1.54, 1.807) is 22.7 Å². The second-order valence-corrected chi connectivity index (χ2v) is 14.5. The Kier molecular flexibility index (Phi) is 9.53. The highest BCUT2D eigenvalue weighted by atomic mass is 32.2. The average molecular weight is 595 g/mol. The van der Waals surface area contributed by atoms with Gasteiger partial charge in [-0.05, 0) is 57.4 Å². The first kappa shape index (κ1) is 30.9. The molecule has 8 heteroatoms. The zero-order valence-corrected chi connectivity index (χ0v) is 25.7. The summed E-state index contributed by atoms with van der Waals surface area (Å²) >= 11 is 1.65. The molecular weight excluding hydrogens is 548 g/mol. The number of esters is 1. The second-order valence-electron chi connectivity index (χ2n) is 12.6. The molecule has 4 aliphatic rings. The topological polar surface area (TPSA) is 87.1 Å². The van der Waals surface area contributed by atoms with Crippen molar-refractivity contribution in [2.75, 3.05) is 19.8 Å². The standard InChI is InChI=1S/C34H46N2O5S/c1-4-6-7-14-22-41-32(40)28-27-30(38)36(26(23-37)24-15-10-8-11-16-24)29(34(27)20-19-33(28,3)42-34)31(39)35(21-5-2)25-17-12-9-13-18-25/h4-5,8,10-11,15-16,25-29,37H,1-2,6-7,9,12-14,17-23H2,3H3/t26-,27+,28-,29?,33+,34?/m1/s1. The number of rotatable bonds is 13. The molecule has 0 aromatic heterocycles. The first-order valence-electron chi connectivity index (χ1n) is 15.7. The van der Waals surface area contributed by atoms with E-state index in [2.05, 4.69) is 20.1 Å². The fourth-order valence-electron chi connectivity index (χ4n) is 8.13. The fourth-order valence-corrected chi connectivity index (χ4v) is 10.5. The normalized spacial score (nSPS) is 31.0. The molecule has 1 spiro atoms. The molecule has 1 aromatic rings. The number of nitrogens with zero attached hydrogens (tertiary/aromatic N) is 2. The monoisotopic (exact) mass is 594 g/mol. The molecule has 4 fully saturated rings. The molecular formula is C34H46N2O5S. The number of hydrogen-bond donors (Lipinski definition) is 1. The molecule has 42 heavy (non-hydrogen) atoms. The van der Waals surface area contributed by atoms with Crippen LogP contribution in [0.25, 0.3) is 0 Å². The van der Waals surface area contributed by atoms with E-state index in [4.69, 9.17) is 4.74 Å². The lowest BCUT2D eigenvalue weighted by atomic mass is 9.66. The quantitative estimate of drug-likeness (QED) is 0.186. The minimum atomic E-state index is -0.786. The number of benzene rings is 1. The first-order valence-corrected chi connectivity index (χ1v) is 16.5. The van der Waals surface area contributed by atoms with E-state index in [-0.39, 0.29) is 30.4 Å². The van der Waals surface area contributed by atoms with Gasteiger partial charge in [0.15, 0.2) is 0 Å². The molecule has 2 amide bonds. The molecule has 1 N–H and O–H groups in total. The number of unbranched alkanes of at least 4 members (excludes halogenated alkanes) is 2. The summed E-state index contributed by atoms with van der Waals surface area (Å²) in [6.07, 6.45) is 12.7. The third-order valence-electron chi connectivity index (χ3n) is 10.1. The lowest BCUT2D eigenvalue weighted by Gasteiger charge is -2.42. The van der Waals surface area contributed by atoms with Crippen LogP contribution in [0.15, 0.2) is 55.6 Å². The summed E-state index contributed by atoms with van der Waals surface area (Å²) in [7, 11) is 0. The maximum Gasteiger partial charge on any atom is 0.311 e. The van der Waals surface area contributed by atoms with Crippen LogP contribution in [0.1, 0.15) is 82.7 Å². The van der Waals surface area contributed by atoms with Crippen molar-refractivity contribution in [2.45, 2.75) is 98.8 Å². The molecule has 1 aliphatic carbocycles. The van der Waals surface area contributed by atoms with Crippen molar-refractivity contribution < 1.29 is 24.2 Å². The molecule has 3 saturated heterocycles. The molecule has 1 aromatic carbocycles. The number of fused-ring (bicyclic) bond motifs is 1. The number of carbonyl (C=O) groups is 3. The van der Waals surface area contributed by atoms with Gasteiger partial charge in [-0.1, -0.05) is 61.7 Å². The number of carbonyl (C=O) groups excluding carboxylic acids is 3. The summed E-state index contributed by atoms with van der Waals surface area (Å²) in [6.45, 7) is 10.2. The molecule has 2 bridgehead atoms. The molecule has 3 heterocycles. The van der Waals surface area contributed by atoms with Gasteiger partial charge in [-0.3, -0.25) is 14.4 Å².